The van der Waals surface area contributed by atoms with Crippen LogP contribution in [-0.4, -0.2) is 20.2 Å². The molecule has 1 aliphatic rings. The van der Waals surface area contributed by atoms with E-state index in [1.807, 2.05) is 4.68 Å². The fourth-order valence-corrected chi connectivity index (χ4v) is 3.41. The average molecular weight is 326 g/mol. The van der Waals surface area contributed by atoms with Crippen molar-refractivity contribution in [3.8, 4) is 11.4 Å². The molecule has 1 heterocycles. The van der Waals surface area contributed by atoms with Crippen molar-refractivity contribution in [1.82, 2.24) is 20.2 Å². The molecule has 1 aromatic heterocycles. The third-order valence-electron chi connectivity index (χ3n) is 5.00. The van der Waals surface area contributed by atoms with Gasteiger partial charge in [-0.05, 0) is 33.4 Å². The maximum atomic E-state index is 6.11. The number of nitrogens with two attached hydrogens (primary N) is 1. The van der Waals surface area contributed by atoms with Crippen LogP contribution in [0.3, 0.4) is 0 Å². The Kier molecular flexibility index (Phi) is 3.01. The second-order valence-corrected chi connectivity index (χ2v) is 7.44. The molecule has 2 N–H and O–H groups in total. The van der Waals surface area contributed by atoms with Crippen LogP contribution in [0, 0.1) is 10.8 Å². The van der Waals surface area contributed by atoms with Gasteiger partial charge in [-0.1, -0.05) is 50.9 Å². The van der Waals surface area contributed by atoms with E-state index >= 15 is 0 Å². The number of nitrogen functional groups attached to an aromatic ring is 1. The molecule has 3 rings (SSSR count). The zero-order chi connectivity index (χ0) is 15.6. The topological polar surface area (TPSA) is 69.6 Å². The molecule has 5 nitrogen and oxygen atoms in total. The van der Waals surface area contributed by atoms with E-state index in [1.165, 1.54) is 0 Å². The van der Waals surface area contributed by atoms with E-state index in [1.54, 1.807) is 12.1 Å². The molecule has 0 bridgehead atoms. The summed E-state index contributed by atoms with van der Waals surface area (Å²) in [5, 5.41) is 12.9. The summed E-state index contributed by atoms with van der Waals surface area (Å²) in [5.74, 6) is 0.656. The van der Waals surface area contributed by atoms with E-state index in [2.05, 4.69) is 43.2 Å². The molecule has 7 heteroatoms. The van der Waals surface area contributed by atoms with E-state index in [0.717, 1.165) is 5.56 Å². The van der Waals surface area contributed by atoms with E-state index in [0.29, 0.717) is 21.6 Å². The normalized spacial score (nSPS) is 19.7. The van der Waals surface area contributed by atoms with Crippen molar-refractivity contribution in [2.75, 3.05) is 5.73 Å². The molecule has 0 atom stereocenters. The standard InChI is InChI=1S/C14H17Cl2N5/c1-13(2)12(14(13,3)4)21-11(18-19-20-21)7-5-8(15)10(16)9(17)6-7/h5-6,12H,17H2,1-4H3. The molecule has 0 saturated heterocycles. The Hall–Kier alpha value is -1.33. The summed E-state index contributed by atoms with van der Waals surface area (Å²) in [6.45, 7) is 8.86. The lowest BCUT2D eigenvalue weighted by Gasteiger charge is -2.08. The number of anilines is 1. The highest BCUT2D eigenvalue weighted by atomic mass is 35.5. The highest BCUT2D eigenvalue weighted by Crippen LogP contribution is 2.71. The lowest BCUT2D eigenvalue weighted by Crippen LogP contribution is -2.06. The van der Waals surface area contributed by atoms with Gasteiger partial charge in [-0.3, -0.25) is 0 Å². The van der Waals surface area contributed by atoms with Gasteiger partial charge in [-0.2, -0.15) is 0 Å². The Morgan fingerprint density at radius 2 is 1.76 bits per heavy atom. The van der Waals surface area contributed by atoms with Gasteiger partial charge in [0.25, 0.3) is 0 Å². The van der Waals surface area contributed by atoms with Crippen LogP contribution in [0.4, 0.5) is 5.69 Å². The number of halogens is 2. The Labute approximate surface area is 133 Å². The molecule has 112 valence electrons. The molecule has 0 aliphatic heterocycles. The first kappa shape index (κ1) is 14.6. The number of rotatable bonds is 2. The van der Waals surface area contributed by atoms with Crippen molar-refractivity contribution in [1.29, 1.82) is 0 Å². The smallest absolute Gasteiger partial charge is 0.182 e. The summed E-state index contributed by atoms with van der Waals surface area (Å²) in [5.41, 5.74) is 7.32. The van der Waals surface area contributed by atoms with Gasteiger partial charge < -0.3 is 5.73 Å². The van der Waals surface area contributed by atoms with Crippen LogP contribution in [0.2, 0.25) is 10.0 Å². The molecule has 1 aliphatic carbocycles. The van der Waals surface area contributed by atoms with Crippen LogP contribution in [0.15, 0.2) is 12.1 Å². The van der Waals surface area contributed by atoms with Crippen LogP contribution >= 0.6 is 23.2 Å². The van der Waals surface area contributed by atoms with E-state index < -0.39 is 0 Å². The molecule has 0 radical (unpaired) electrons. The highest BCUT2D eigenvalue weighted by Gasteiger charge is 2.67. The number of hydrogen-bond acceptors (Lipinski definition) is 4. The number of benzene rings is 1. The number of hydrogen-bond donors (Lipinski definition) is 1. The Morgan fingerprint density at radius 3 is 2.29 bits per heavy atom. The minimum absolute atomic E-state index is 0.124. The lowest BCUT2D eigenvalue weighted by molar-refractivity contribution is 0.457. The summed E-state index contributed by atoms with van der Waals surface area (Å²) in [7, 11) is 0. The Balaban J connectivity index is 2.10. The number of aromatic nitrogens is 4. The van der Waals surface area contributed by atoms with Crippen molar-refractivity contribution in [2.24, 2.45) is 10.8 Å². The highest BCUT2D eigenvalue weighted by molar-refractivity contribution is 6.43. The van der Waals surface area contributed by atoms with Crippen molar-refractivity contribution >= 4 is 28.9 Å². The Bertz CT molecular complexity index is 683. The fraction of sp³-hybridized carbons (Fsp3) is 0.500. The molecule has 2 aromatic rings. The first-order chi connectivity index (χ1) is 9.68. The molecule has 1 saturated carbocycles. The summed E-state index contributed by atoms with van der Waals surface area (Å²) in [4.78, 5) is 0. The van der Waals surface area contributed by atoms with Crippen LogP contribution in [0.1, 0.15) is 33.7 Å². The van der Waals surface area contributed by atoms with E-state index in [-0.39, 0.29) is 16.9 Å². The molecule has 0 unspecified atom stereocenters. The second kappa shape index (κ2) is 4.34. The van der Waals surface area contributed by atoms with Crippen LogP contribution in [0.25, 0.3) is 11.4 Å². The molecule has 21 heavy (non-hydrogen) atoms. The predicted molar refractivity (Wildman–Crippen MR) is 84.3 cm³/mol. The second-order valence-electron chi connectivity index (χ2n) is 6.65. The van der Waals surface area contributed by atoms with Crippen LogP contribution in [-0.2, 0) is 0 Å². The van der Waals surface area contributed by atoms with Gasteiger partial charge >= 0.3 is 0 Å². The van der Waals surface area contributed by atoms with E-state index in [4.69, 9.17) is 28.9 Å². The van der Waals surface area contributed by atoms with Crippen LogP contribution in [0.5, 0.6) is 0 Å². The maximum absolute atomic E-state index is 6.11. The molecule has 1 aromatic carbocycles. The lowest BCUT2D eigenvalue weighted by atomic mass is 10.0. The SMILES string of the molecule is CC1(C)C(n2nnnc2-c2cc(N)c(Cl)c(Cl)c2)C1(C)C. The number of nitrogens with zero attached hydrogens (tertiary/aromatic N) is 4. The summed E-state index contributed by atoms with van der Waals surface area (Å²) in [6.07, 6.45) is 0. The van der Waals surface area contributed by atoms with Gasteiger partial charge in [0.2, 0.25) is 0 Å². The third kappa shape index (κ3) is 1.94. The third-order valence-corrected chi connectivity index (χ3v) is 5.81. The summed E-state index contributed by atoms with van der Waals surface area (Å²) in [6, 6.07) is 3.72. The Morgan fingerprint density at radius 1 is 1.14 bits per heavy atom. The van der Waals surface area contributed by atoms with Crippen molar-refractivity contribution in [3.63, 3.8) is 0 Å². The first-order valence-electron chi connectivity index (χ1n) is 6.70. The summed E-state index contributed by atoms with van der Waals surface area (Å²) >= 11 is 12.1. The van der Waals surface area contributed by atoms with E-state index in [9.17, 15) is 0 Å². The van der Waals surface area contributed by atoms with Gasteiger partial charge in [-0.25, -0.2) is 4.68 Å². The summed E-state index contributed by atoms with van der Waals surface area (Å²) < 4.78 is 1.86. The van der Waals surface area contributed by atoms with Gasteiger partial charge in [0, 0.05) is 5.56 Å². The first-order valence-corrected chi connectivity index (χ1v) is 7.46. The predicted octanol–water partition coefficient (Wildman–Crippen LogP) is 3.84. The zero-order valence-electron chi connectivity index (χ0n) is 12.4. The number of tetrazole rings is 1. The van der Waals surface area contributed by atoms with Gasteiger partial charge in [-0.15, -0.1) is 5.10 Å². The molecular weight excluding hydrogens is 309 g/mol. The fourth-order valence-electron chi connectivity index (χ4n) is 3.07. The van der Waals surface area contributed by atoms with Gasteiger partial charge in [0.1, 0.15) is 0 Å². The maximum Gasteiger partial charge on any atom is 0.182 e. The van der Waals surface area contributed by atoms with Crippen molar-refractivity contribution < 1.29 is 0 Å². The largest absolute Gasteiger partial charge is 0.397 e. The minimum Gasteiger partial charge on any atom is -0.397 e. The van der Waals surface area contributed by atoms with Gasteiger partial charge in [0.05, 0.1) is 21.8 Å². The van der Waals surface area contributed by atoms with Crippen molar-refractivity contribution in [2.45, 2.75) is 33.7 Å². The monoisotopic (exact) mass is 325 g/mol. The van der Waals surface area contributed by atoms with Gasteiger partial charge in [0.15, 0.2) is 5.82 Å². The average Bonchev–Trinajstić information content (AvgIpc) is 2.73. The van der Waals surface area contributed by atoms with Crippen LogP contribution < -0.4 is 5.73 Å². The minimum atomic E-state index is 0.124. The zero-order valence-corrected chi connectivity index (χ0v) is 13.9. The quantitative estimate of drug-likeness (QED) is 0.851. The molecule has 0 amide bonds. The molecular formula is C14H17Cl2N5. The van der Waals surface area contributed by atoms with Crippen molar-refractivity contribution in [3.05, 3.63) is 22.2 Å². The molecule has 1 fully saturated rings. The molecule has 0 spiro atoms.